The molecule has 0 aromatic carbocycles. The van der Waals surface area contributed by atoms with Crippen molar-refractivity contribution < 1.29 is 29.4 Å². The Hall–Kier alpha value is 1.35. The molecular weight excluding hydrogens is 385 g/mol. The van der Waals surface area contributed by atoms with Crippen LogP contribution in [0.2, 0.25) is 0 Å². The number of hydrogen-bond acceptors (Lipinski definition) is 0. The van der Waals surface area contributed by atoms with E-state index in [1.54, 1.807) is 0 Å². The van der Waals surface area contributed by atoms with E-state index < -0.39 is 21.0 Å². The van der Waals surface area contributed by atoms with Crippen molar-refractivity contribution in [3.05, 3.63) is 0 Å². The summed E-state index contributed by atoms with van der Waals surface area (Å²) in [6.07, 6.45) is 0. The Morgan fingerprint density at radius 3 is 0.857 bits per heavy atom. The van der Waals surface area contributed by atoms with Gasteiger partial charge in [0.2, 0.25) is 0 Å². The second-order valence-electron chi connectivity index (χ2n) is 1.07. The first-order chi connectivity index (χ1) is 2.45. The standard InChI is InChI=1S/2ClH.4FH.U/h6*1H;/q;;;;;;+6/p-6. The van der Waals surface area contributed by atoms with Crippen LogP contribution < -0.4 is 0 Å². The monoisotopic (exact) mass is 384 g/mol. The minimum atomic E-state index is -9.50. The molecule has 0 nitrogen and oxygen atoms in total. The molecule has 0 bridgehead atoms. The predicted octanol–water partition coefficient (Wildman–Crippen LogP) is 3.06. The number of rotatable bonds is 0. The average molecular weight is 385 g/mol. The van der Waals surface area contributed by atoms with Crippen LogP contribution >= 0.6 is 15.2 Å². The average Bonchev–Trinajstić information content (AvgIpc) is 0.592. The van der Waals surface area contributed by atoms with Crippen LogP contribution in [0.3, 0.4) is 0 Å². The van der Waals surface area contributed by atoms with Gasteiger partial charge in [0.15, 0.2) is 0 Å². The molecule has 0 atom stereocenters. The number of hydrogen-bond donors (Lipinski definition) is 0. The molecule has 7 heteroatoms. The van der Waals surface area contributed by atoms with Crippen molar-refractivity contribution in [3.63, 3.8) is 0 Å². The van der Waals surface area contributed by atoms with E-state index in [1.807, 2.05) is 0 Å². The molecule has 7 heavy (non-hydrogen) atoms. The summed E-state index contributed by atoms with van der Waals surface area (Å²) in [5.74, 6) is 0. The zero-order valence-electron chi connectivity index (χ0n) is 2.77. The minimum absolute atomic E-state index is 3.36. The molecule has 0 aliphatic carbocycles. The second kappa shape index (κ2) is 1.11. The molecule has 0 aromatic rings. The van der Waals surface area contributed by atoms with Crippen LogP contribution in [-0.2, 0) is 0 Å². The van der Waals surface area contributed by atoms with E-state index in [0.717, 1.165) is 0 Å². The van der Waals surface area contributed by atoms with E-state index >= 15 is 0 Å². The molecule has 0 spiro atoms. The molecule has 0 aromatic heterocycles. The molecule has 0 N–H and O–H groups in total. The Morgan fingerprint density at radius 2 is 0.857 bits per heavy atom. The Kier molecular flexibility index (Phi) is 1.32. The van der Waals surface area contributed by atoms with Gasteiger partial charge in [-0.2, -0.15) is 0 Å². The predicted molar refractivity (Wildman–Crippen MR) is 16.1 cm³/mol. The Labute approximate surface area is 44.4 Å². The Morgan fingerprint density at radius 1 is 0.857 bits per heavy atom. The molecule has 0 saturated heterocycles. The molecule has 46 valence electrons. The third-order valence-corrected chi connectivity index (χ3v) is 0. The van der Waals surface area contributed by atoms with E-state index in [1.165, 1.54) is 0 Å². The molecular formula is Cl2F4U. The topological polar surface area (TPSA) is 0 Å². The van der Waals surface area contributed by atoms with Gasteiger partial charge in [-0.05, 0) is 0 Å². The van der Waals surface area contributed by atoms with E-state index in [9.17, 15) is 8.40 Å². The Balaban J connectivity index is 4.43. The second-order valence-corrected chi connectivity index (χ2v) is 26.0. The van der Waals surface area contributed by atoms with Gasteiger partial charge in [-0.3, -0.25) is 0 Å². The van der Waals surface area contributed by atoms with Gasteiger partial charge in [0.25, 0.3) is 0 Å². The van der Waals surface area contributed by atoms with Crippen LogP contribution in [0.25, 0.3) is 0 Å². The quantitative estimate of drug-likeness (QED) is 0.563. The van der Waals surface area contributed by atoms with E-state index in [2.05, 4.69) is 15.2 Å². The van der Waals surface area contributed by atoms with Crippen molar-refractivity contribution in [1.82, 2.24) is 0 Å². The van der Waals surface area contributed by atoms with Crippen molar-refractivity contribution in [2.75, 3.05) is 0 Å². The third kappa shape index (κ3) is 115. The first-order valence-electron chi connectivity index (χ1n) is 1.13. The molecule has 0 aliphatic heterocycles. The fraction of sp³-hybridized carbons (Fsp3) is 0. The summed E-state index contributed by atoms with van der Waals surface area (Å²) in [4.78, 5) is 0. The Bertz CT molecular complexity index is 68.3. The van der Waals surface area contributed by atoms with Gasteiger partial charge in [0.1, 0.15) is 0 Å². The van der Waals surface area contributed by atoms with Crippen LogP contribution in [0.5, 0.6) is 0 Å². The van der Waals surface area contributed by atoms with Crippen molar-refractivity contribution in [1.29, 1.82) is 0 Å². The van der Waals surface area contributed by atoms with Crippen LogP contribution in [-0.4, -0.2) is 0 Å². The molecule has 0 rings (SSSR count). The summed E-state index contributed by atoms with van der Waals surface area (Å²) < 4.78 is 43.2. The van der Waals surface area contributed by atoms with Gasteiger partial charge in [-0.1, -0.05) is 0 Å². The van der Waals surface area contributed by atoms with E-state index in [-0.39, 0.29) is 0 Å². The molecule has 0 radical (unpaired) electrons. The van der Waals surface area contributed by atoms with E-state index in [4.69, 9.17) is 0 Å². The molecule has 0 heterocycles. The fourth-order valence-corrected chi connectivity index (χ4v) is 0. The summed E-state index contributed by atoms with van der Waals surface area (Å²) in [5.41, 5.74) is 0. The van der Waals surface area contributed by atoms with Gasteiger partial charge < -0.3 is 0 Å². The van der Waals surface area contributed by atoms with Crippen molar-refractivity contribution in [3.8, 4) is 0 Å². The molecule has 0 amide bonds. The van der Waals surface area contributed by atoms with E-state index in [0.29, 0.717) is 0 Å². The molecule has 0 saturated carbocycles. The summed E-state index contributed by atoms with van der Waals surface area (Å²) in [6, 6.07) is 0. The summed E-state index contributed by atoms with van der Waals surface area (Å²) in [7, 11) is 6.71. The van der Waals surface area contributed by atoms with Gasteiger partial charge in [-0.25, -0.2) is 0 Å². The summed E-state index contributed by atoms with van der Waals surface area (Å²) >= 11 is -9.50. The van der Waals surface area contributed by atoms with Gasteiger partial charge in [0, 0.05) is 0 Å². The van der Waals surface area contributed by atoms with Gasteiger partial charge in [0.05, 0.1) is 0 Å². The number of halogens is 6. The SMILES string of the molecule is [F][U]([F])([F])([F])([Cl])[Cl]. The van der Waals surface area contributed by atoms with Crippen LogP contribution in [0.4, 0.5) is 8.40 Å². The van der Waals surface area contributed by atoms with Crippen molar-refractivity contribution in [2.24, 2.45) is 0 Å². The molecule has 0 unspecified atom stereocenters. The first-order valence-corrected chi connectivity index (χ1v) is 17.6. The van der Waals surface area contributed by atoms with Crippen LogP contribution in [0, 0.1) is 21.0 Å². The normalized spacial score (nSPS) is 23.1. The van der Waals surface area contributed by atoms with Crippen LogP contribution in [0.15, 0.2) is 0 Å². The maximum absolute atomic E-state index is 10.8. The third-order valence-electron chi connectivity index (χ3n) is 0. The zero-order chi connectivity index (χ0) is 6.41. The molecule has 0 aliphatic rings. The first kappa shape index (κ1) is 8.35. The van der Waals surface area contributed by atoms with Gasteiger partial charge >= 0.3 is 44.7 Å². The van der Waals surface area contributed by atoms with Gasteiger partial charge in [-0.15, -0.1) is 0 Å². The van der Waals surface area contributed by atoms with Crippen LogP contribution in [0.1, 0.15) is 0 Å². The fourth-order valence-electron chi connectivity index (χ4n) is 0. The van der Waals surface area contributed by atoms with Crippen molar-refractivity contribution in [2.45, 2.75) is 0 Å². The summed E-state index contributed by atoms with van der Waals surface area (Å²) in [6.45, 7) is 0. The van der Waals surface area contributed by atoms with Crippen molar-refractivity contribution >= 4 is 15.2 Å². The zero-order valence-corrected chi connectivity index (χ0v) is 8.44. The molecule has 0 fully saturated rings. The maximum atomic E-state index is 10.8. The summed E-state index contributed by atoms with van der Waals surface area (Å²) in [5, 5.41) is 0.